The Hall–Kier alpha value is -1.40. The second-order valence-electron chi connectivity index (χ2n) is 6.12. The summed E-state index contributed by atoms with van der Waals surface area (Å²) in [5.41, 5.74) is 1.06. The monoisotopic (exact) mass is 351 g/mol. The summed E-state index contributed by atoms with van der Waals surface area (Å²) in [6.45, 7) is 5.15. The molecule has 2 N–H and O–H groups in total. The molecule has 1 aliphatic heterocycles. The highest BCUT2D eigenvalue weighted by molar-refractivity contribution is 8.00. The molecule has 5 nitrogen and oxygen atoms in total. The molecule has 1 fully saturated rings. The summed E-state index contributed by atoms with van der Waals surface area (Å²) in [5.74, 6) is 2.97. The minimum atomic E-state index is 0.331. The molecule has 0 aliphatic carbocycles. The van der Waals surface area contributed by atoms with E-state index in [1.807, 2.05) is 36.0 Å². The van der Waals surface area contributed by atoms with Crippen LogP contribution in [0, 0.1) is 0 Å². The number of thioether (sulfide) groups is 1. The molecule has 24 heavy (non-hydrogen) atoms. The lowest BCUT2D eigenvalue weighted by Gasteiger charge is -2.24. The summed E-state index contributed by atoms with van der Waals surface area (Å²) in [6, 6.07) is 7.92. The van der Waals surface area contributed by atoms with Gasteiger partial charge in [-0.05, 0) is 31.6 Å². The topological polar surface area (TPSA) is 54.9 Å². The van der Waals surface area contributed by atoms with Gasteiger partial charge in [0.25, 0.3) is 0 Å². The number of hydrogen-bond donors (Lipinski definition) is 2. The van der Waals surface area contributed by atoms with Crippen LogP contribution in [-0.4, -0.2) is 50.3 Å². The molecule has 0 bridgehead atoms. The molecule has 0 saturated carbocycles. The van der Waals surface area contributed by atoms with Crippen molar-refractivity contribution >= 4 is 17.7 Å². The average Bonchev–Trinajstić information content (AvgIpc) is 3.04. The Bertz CT molecular complexity index is 531. The van der Waals surface area contributed by atoms with Gasteiger partial charge in [-0.25, -0.2) is 0 Å². The van der Waals surface area contributed by atoms with Gasteiger partial charge in [0.05, 0.1) is 20.3 Å². The van der Waals surface area contributed by atoms with Crippen LogP contribution in [0.5, 0.6) is 5.75 Å². The van der Waals surface area contributed by atoms with Crippen molar-refractivity contribution in [2.45, 2.75) is 31.1 Å². The Labute approximate surface area is 149 Å². The fourth-order valence-electron chi connectivity index (χ4n) is 2.71. The zero-order valence-corrected chi connectivity index (χ0v) is 15.7. The van der Waals surface area contributed by atoms with E-state index in [0.29, 0.717) is 18.0 Å². The second-order valence-corrected chi connectivity index (χ2v) is 7.80. The minimum Gasteiger partial charge on any atom is -0.496 e. The largest absolute Gasteiger partial charge is 0.496 e. The lowest BCUT2D eigenvalue weighted by Crippen LogP contribution is -2.44. The van der Waals surface area contributed by atoms with Crippen molar-refractivity contribution in [2.75, 3.05) is 39.6 Å². The van der Waals surface area contributed by atoms with Gasteiger partial charge in [-0.2, -0.15) is 11.8 Å². The third kappa shape index (κ3) is 5.91. The lowest BCUT2D eigenvalue weighted by molar-refractivity contribution is 0.123. The van der Waals surface area contributed by atoms with E-state index >= 15 is 0 Å². The Balaban J connectivity index is 1.63. The van der Waals surface area contributed by atoms with E-state index in [1.165, 1.54) is 18.6 Å². The van der Waals surface area contributed by atoms with Crippen LogP contribution in [0.4, 0.5) is 0 Å². The number of nitrogens with one attached hydrogen (secondary N) is 2. The highest BCUT2D eigenvalue weighted by atomic mass is 32.2. The standard InChI is InChI=1S/C18H29N3O2S/c1-18(9-6-12-24-18)14-21-17(19-2)20-10-11-23-13-15-7-4-5-8-16(15)22-3/h4-5,7-8H,6,9-14H2,1-3H3,(H2,19,20,21). The van der Waals surface area contributed by atoms with Crippen LogP contribution in [-0.2, 0) is 11.3 Å². The van der Waals surface area contributed by atoms with Gasteiger partial charge in [0.2, 0.25) is 0 Å². The van der Waals surface area contributed by atoms with Gasteiger partial charge in [0.1, 0.15) is 5.75 Å². The third-order valence-electron chi connectivity index (χ3n) is 4.14. The predicted octanol–water partition coefficient (Wildman–Crippen LogP) is 2.66. The number of aliphatic imine (C=N–C) groups is 1. The van der Waals surface area contributed by atoms with Crippen molar-refractivity contribution in [2.24, 2.45) is 4.99 Å². The first-order valence-electron chi connectivity index (χ1n) is 8.45. The van der Waals surface area contributed by atoms with Gasteiger partial charge in [0.15, 0.2) is 5.96 Å². The maximum absolute atomic E-state index is 5.73. The minimum absolute atomic E-state index is 0.331. The molecule has 2 rings (SSSR count). The first-order chi connectivity index (χ1) is 11.7. The van der Waals surface area contributed by atoms with Gasteiger partial charge in [-0.15, -0.1) is 0 Å². The van der Waals surface area contributed by atoms with E-state index in [2.05, 4.69) is 22.5 Å². The Morgan fingerprint density at radius 3 is 2.88 bits per heavy atom. The maximum atomic E-state index is 5.73. The van der Waals surface area contributed by atoms with Gasteiger partial charge in [-0.3, -0.25) is 4.99 Å². The molecule has 0 radical (unpaired) electrons. The molecule has 1 unspecified atom stereocenters. The second kappa shape index (κ2) is 9.79. The molecule has 0 aromatic heterocycles. The molecule has 6 heteroatoms. The van der Waals surface area contributed by atoms with Crippen LogP contribution < -0.4 is 15.4 Å². The van der Waals surface area contributed by atoms with E-state index in [0.717, 1.165) is 30.4 Å². The predicted molar refractivity (Wildman–Crippen MR) is 102 cm³/mol. The molecule has 1 atom stereocenters. The van der Waals surface area contributed by atoms with Crippen molar-refractivity contribution in [3.05, 3.63) is 29.8 Å². The van der Waals surface area contributed by atoms with Crippen molar-refractivity contribution in [3.63, 3.8) is 0 Å². The molecular formula is C18H29N3O2S. The lowest BCUT2D eigenvalue weighted by atomic mass is 10.1. The summed E-state index contributed by atoms with van der Waals surface area (Å²) in [4.78, 5) is 4.27. The van der Waals surface area contributed by atoms with E-state index in [4.69, 9.17) is 9.47 Å². The quantitative estimate of drug-likeness (QED) is 0.428. The summed E-state index contributed by atoms with van der Waals surface area (Å²) < 4.78 is 11.4. The number of methoxy groups -OCH3 is 1. The fraction of sp³-hybridized carbons (Fsp3) is 0.611. The van der Waals surface area contributed by atoms with Crippen LogP contribution in [0.15, 0.2) is 29.3 Å². The molecule has 1 aromatic rings. The van der Waals surface area contributed by atoms with Crippen molar-refractivity contribution in [1.29, 1.82) is 0 Å². The smallest absolute Gasteiger partial charge is 0.191 e. The number of nitrogens with zero attached hydrogens (tertiary/aromatic N) is 1. The highest BCUT2D eigenvalue weighted by Gasteiger charge is 2.29. The average molecular weight is 352 g/mol. The zero-order chi connectivity index (χ0) is 17.3. The van der Waals surface area contributed by atoms with Crippen molar-refractivity contribution in [3.8, 4) is 5.75 Å². The van der Waals surface area contributed by atoms with Crippen LogP contribution in [0.25, 0.3) is 0 Å². The van der Waals surface area contributed by atoms with Crippen LogP contribution >= 0.6 is 11.8 Å². The van der Waals surface area contributed by atoms with Crippen molar-refractivity contribution < 1.29 is 9.47 Å². The molecular weight excluding hydrogens is 322 g/mol. The van der Waals surface area contributed by atoms with Gasteiger partial charge in [-0.1, -0.05) is 18.2 Å². The Morgan fingerprint density at radius 2 is 2.17 bits per heavy atom. The number of ether oxygens (including phenoxy) is 2. The summed E-state index contributed by atoms with van der Waals surface area (Å²) >= 11 is 2.05. The van der Waals surface area contributed by atoms with Crippen molar-refractivity contribution in [1.82, 2.24) is 10.6 Å². The number of benzene rings is 1. The van der Waals surface area contributed by atoms with Crippen LogP contribution in [0.3, 0.4) is 0 Å². The number of guanidine groups is 1. The maximum Gasteiger partial charge on any atom is 0.191 e. The van der Waals surface area contributed by atoms with E-state index in [1.54, 1.807) is 14.2 Å². The normalized spacial score (nSPS) is 20.9. The molecule has 0 spiro atoms. The Morgan fingerprint density at radius 1 is 1.33 bits per heavy atom. The summed E-state index contributed by atoms with van der Waals surface area (Å²) in [6.07, 6.45) is 2.58. The SMILES string of the molecule is CN=C(NCCOCc1ccccc1OC)NCC1(C)CCCS1. The first kappa shape index (κ1) is 18.9. The highest BCUT2D eigenvalue weighted by Crippen LogP contribution is 2.36. The molecule has 1 heterocycles. The van der Waals surface area contributed by atoms with Gasteiger partial charge >= 0.3 is 0 Å². The number of hydrogen-bond acceptors (Lipinski definition) is 4. The molecule has 1 aliphatic rings. The van der Waals surface area contributed by atoms with Gasteiger partial charge < -0.3 is 20.1 Å². The van der Waals surface area contributed by atoms with E-state index < -0.39 is 0 Å². The molecule has 1 saturated heterocycles. The third-order valence-corrected chi connectivity index (χ3v) is 5.68. The zero-order valence-electron chi connectivity index (χ0n) is 14.9. The van der Waals surface area contributed by atoms with Crippen LogP contribution in [0.2, 0.25) is 0 Å². The first-order valence-corrected chi connectivity index (χ1v) is 9.43. The molecule has 0 amide bonds. The summed E-state index contributed by atoms with van der Waals surface area (Å²) in [5, 5.41) is 6.72. The Kier molecular flexibility index (Phi) is 7.72. The van der Waals surface area contributed by atoms with Crippen LogP contribution in [0.1, 0.15) is 25.3 Å². The number of para-hydroxylation sites is 1. The van der Waals surface area contributed by atoms with E-state index in [-0.39, 0.29) is 0 Å². The van der Waals surface area contributed by atoms with Gasteiger partial charge in [0, 0.05) is 30.4 Å². The number of rotatable bonds is 8. The molecule has 134 valence electrons. The summed E-state index contributed by atoms with van der Waals surface area (Å²) in [7, 11) is 3.48. The van der Waals surface area contributed by atoms with E-state index in [9.17, 15) is 0 Å². The molecule has 1 aromatic carbocycles. The fourth-order valence-corrected chi connectivity index (χ4v) is 3.96.